The van der Waals surface area contributed by atoms with Gasteiger partial charge in [0.1, 0.15) is 5.52 Å². The number of hydrogen-bond acceptors (Lipinski definition) is 5. The largest absolute Gasteiger partial charge is 0.341 e. The molecule has 2 aromatic rings. The number of amides is 1. The summed E-state index contributed by atoms with van der Waals surface area (Å²) in [6, 6.07) is 0. The van der Waals surface area contributed by atoms with Crippen molar-refractivity contribution in [1.29, 1.82) is 0 Å². The van der Waals surface area contributed by atoms with Gasteiger partial charge in [-0.2, -0.15) is 9.97 Å². The van der Waals surface area contributed by atoms with E-state index < -0.39 is 0 Å². The second-order valence-electron chi connectivity index (χ2n) is 4.99. The first-order valence-corrected chi connectivity index (χ1v) is 6.76. The van der Waals surface area contributed by atoms with Gasteiger partial charge in [-0.3, -0.25) is 10.1 Å². The minimum absolute atomic E-state index is 0.141. The molecule has 0 fully saturated rings. The molecule has 0 radical (unpaired) electrons. The monoisotopic (exact) mass is 296 g/mol. The third-order valence-corrected chi connectivity index (χ3v) is 3.16. The molecule has 0 bridgehead atoms. The molecule has 0 aromatic carbocycles. The van der Waals surface area contributed by atoms with E-state index in [1.807, 2.05) is 13.8 Å². The highest BCUT2D eigenvalue weighted by molar-refractivity contribution is 6.33. The first-order valence-electron chi connectivity index (χ1n) is 6.38. The topological polar surface area (TPSA) is 110 Å². The Balaban J connectivity index is 2.16. The number of aromatic amines is 1. The van der Waals surface area contributed by atoms with E-state index >= 15 is 0 Å². The maximum atomic E-state index is 12.1. The minimum Gasteiger partial charge on any atom is -0.341 e. The number of carbonyl (C=O) groups is 1. The quantitative estimate of drug-likeness (QED) is 0.725. The van der Waals surface area contributed by atoms with Crippen molar-refractivity contribution in [2.24, 2.45) is 17.6 Å². The van der Waals surface area contributed by atoms with Gasteiger partial charge in [0.2, 0.25) is 11.9 Å². The van der Waals surface area contributed by atoms with E-state index in [0.29, 0.717) is 23.5 Å². The van der Waals surface area contributed by atoms with Crippen LogP contribution in [0.2, 0.25) is 5.15 Å². The number of halogens is 1. The highest BCUT2D eigenvalue weighted by Crippen LogP contribution is 2.19. The van der Waals surface area contributed by atoms with Crippen molar-refractivity contribution < 1.29 is 4.79 Å². The number of H-pyrrole nitrogens is 1. The highest BCUT2D eigenvalue weighted by atomic mass is 35.5. The smallest absolute Gasteiger partial charge is 0.233 e. The van der Waals surface area contributed by atoms with E-state index in [2.05, 4.69) is 25.3 Å². The molecule has 2 heterocycles. The SMILES string of the molecule is CC(C)CC(CN)C(=O)Nc1nc(Cl)c2[nH]cnc2n1. The number of rotatable bonds is 5. The predicted octanol–water partition coefficient (Wildman–Crippen LogP) is 1.57. The van der Waals surface area contributed by atoms with Crippen molar-refractivity contribution in [3.63, 3.8) is 0 Å². The number of aromatic nitrogens is 4. The van der Waals surface area contributed by atoms with E-state index in [9.17, 15) is 4.79 Å². The van der Waals surface area contributed by atoms with Gasteiger partial charge in [-0.05, 0) is 12.3 Å². The summed E-state index contributed by atoms with van der Waals surface area (Å²) in [6.07, 6.45) is 2.18. The van der Waals surface area contributed by atoms with Crippen molar-refractivity contribution in [3.8, 4) is 0 Å². The molecule has 0 saturated carbocycles. The highest BCUT2D eigenvalue weighted by Gasteiger charge is 2.20. The third-order valence-electron chi connectivity index (χ3n) is 2.89. The maximum absolute atomic E-state index is 12.1. The number of anilines is 1. The Hall–Kier alpha value is -1.73. The molecule has 2 rings (SSSR count). The lowest BCUT2D eigenvalue weighted by Gasteiger charge is -2.16. The molecule has 8 heteroatoms. The number of hydrogen-bond donors (Lipinski definition) is 3. The van der Waals surface area contributed by atoms with Crippen molar-refractivity contribution >= 4 is 34.6 Å². The number of fused-ring (bicyclic) bond motifs is 1. The zero-order valence-corrected chi connectivity index (χ0v) is 12.1. The van der Waals surface area contributed by atoms with Gasteiger partial charge in [-0.15, -0.1) is 0 Å². The second kappa shape index (κ2) is 6.15. The Bertz CT molecular complexity index is 611. The van der Waals surface area contributed by atoms with Crippen molar-refractivity contribution in [2.45, 2.75) is 20.3 Å². The lowest BCUT2D eigenvalue weighted by molar-refractivity contribution is -0.120. The average Bonchev–Trinajstić information content (AvgIpc) is 2.84. The molecular weight excluding hydrogens is 280 g/mol. The maximum Gasteiger partial charge on any atom is 0.233 e. The second-order valence-corrected chi connectivity index (χ2v) is 5.35. The molecule has 0 saturated heterocycles. The Morgan fingerprint density at radius 1 is 1.50 bits per heavy atom. The molecule has 7 nitrogen and oxygen atoms in total. The van der Waals surface area contributed by atoms with Crippen LogP contribution in [0.15, 0.2) is 6.33 Å². The third kappa shape index (κ3) is 3.23. The van der Waals surface area contributed by atoms with Gasteiger partial charge in [-0.1, -0.05) is 25.4 Å². The summed E-state index contributed by atoms with van der Waals surface area (Å²) in [7, 11) is 0. The number of nitrogens with zero attached hydrogens (tertiary/aromatic N) is 3. The molecular formula is C12H17ClN6O. The first-order chi connectivity index (χ1) is 9.51. The Kier molecular flexibility index (Phi) is 4.51. The summed E-state index contributed by atoms with van der Waals surface area (Å²) >= 11 is 5.99. The summed E-state index contributed by atoms with van der Waals surface area (Å²) < 4.78 is 0. The Morgan fingerprint density at radius 2 is 2.25 bits per heavy atom. The molecule has 0 spiro atoms. The zero-order valence-electron chi connectivity index (χ0n) is 11.4. The molecule has 0 aliphatic rings. The van der Waals surface area contributed by atoms with Crippen LogP contribution in [0, 0.1) is 11.8 Å². The van der Waals surface area contributed by atoms with Gasteiger partial charge >= 0.3 is 0 Å². The Labute approximate surface area is 121 Å². The molecule has 4 N–H and O–H groups in total. The van der Waals surface area contributed by atoms with Crippen LogP contribution < -0.4 is 11.1 Å². The fourth-order valence-electron chi connectivity index (χ4n) is 1.95. The van der Waals surface area contributed by atoms with Crippen LogP contribution in [0.4, 0.5) is 5.95 Å². The van der Waals surface area contributed by atoms with Crippen LogP contribution >= 0.6 is 11.6 Å². The summed E-state index contributed by atoms with van der Waals surface area (Å²) in [5.74, 6) is 0.0499. The van der Waals surface area contributed by atoms with E-state index in [1.165, 1.54) is 6.33 Å². The van der Waals surface area contributed by atoms with Crippen LogP contribution in [0.25, 0.3) is 11.2 Å². The number of nitrogens with one attached hydrogen (secondary N) is 2. The average molecular weight is 297 g/mol. The van der Waals surface area contributed by atoms with Gasteiger partial charge in [0.15, 0.2) is 10.8 Å². The fourth-order valence-corrected chi connectivity index (χ4v) is 2.16. The summed E-state index contributed by atoms with van der Waals surface area (Å²) in [5, 5.41) is 2.86. The summed E-state index contributed by atoms with van der Waals surface area (Å²) in [5.41, 5.74) is 6.59. The number of carbonyl (C=O) groups excluding carboxylic acids is 1. The molecule has 0 aliphatic heterocycles. The van der Waals surface area contributed by atoms with Crippen molar-refractivity contribution in [2.75, 3.05) is 11.9 Å². The zero-order chi connectivity index (χ0) is 14.7. The van der Waals surface area contributed by atoms with Gasteiger partial charge in [0, 0.05) is 6.54 Å². The molecule has 0 aliphatic carbocycles. The molecule has 20 heavy (non-hydrogen) atoms. The molecule has 1 atom stereocenters. The van der Waals surface area contributed by atoms with E-state index in [1.54, 1.807) is 0 Å². The predicted molar refractivity (Wildman–Crippen MR) is 77.3 cm³/mol. The van der Waals surface area contributed by atoms with E-state index in [0.717, 1.165) is 0 Å². The van der Waals surface area contributed by atoms with Gasteiger partial charge in [-0.25, -0.2) is 4.98 Å². The van der Waals surface area contributed by atoms with Crippen LogP contribution in [0.5, 0.6) is 0 Å². The summed E-state index contributed by atoms with van der Waals surface area (Å²) in [6.45, 7) is 4.36. The van der Waals surface area contributed by atoms with Crippen molar-refractivity contribution in [1.82, 2.24) is 19.9 Å². The van der Waals surface area contributed by atoms with Gasteiger partial charge in [0.25, 0.3) is 0 Å². The lowest BCUT2D eigenvalue weighted by Crippen LogP contribution is -2.31. The lowest BCUT2D eigenvalue weighted by atomic mass is 9.96. The minimum atomic E-state index is -0.271. The number of imidazole rings is 1. The standard InChI is InChI=1S/C12H17ClN6O/c1-6(2)3-7(4-14)11(20)19-12-17-9(13)8-10(18-12)16-5-15-8/h5-7H,3-4,14H2,1-2H3,(H2,15,16,17,18,19,20). The molecule has 1 unspecified atom stereocenters. The molecule has 2 aromatic heterocycles. The van der Waals surface area contributed by atoms with Crippen LogP contribution in [0.1, 0.15) is 20.3 Å². The number of nitrogens with two attached hydrogens (primary N) is 1. The van der Waals surface area contributed by atoms with Crippen LogP contribution in [0.3, 0.4) is 0 Å². The van der Waals surface area contributed by atoms with Crippen LogP contribution in [-0.2, 0) is 4.79 Å². The first kappa shape index (κ1) is 14.7. The molecule has 108 valence electrons. The van der Waals surface area contributed by atoms with Gasteiger partial charge in [0.05, 0.1) is 12.2 Å². The fraction of sp³-hybridized carbons (Fsp3) is 0.500. The van der Waals surface area contributed by atoms with Crippen LogP contribution in [-0.4, -0.2) is 32.4 Å². The summed E-state index contributed by atoms with van der Waals surface area (Å²) in [4.78, 5) is 27.1. The van der Waals surface area contributed by atoms with Crippen molar-refractivity contribution in [3.05, 3.63) is 11.5 Å². The molecule has 1 amide bonds. The normalized spacial score (nSPS) is 12.8. The van der Waals surface area contributed by atoms with Gasteiger partial charge < -0.3 is 10.7 Å². The van der Waals surface area contributed by atoms with E-state index in [-0.39, 0.29) is 29.5 Å². The Morgan fingerprint density at radius 3 is 2.90 bits per heavy atom. The van der Waals surface area contributed by atoms with E-state index in [4.69, 9.17) is 17.3 Å².